The fourth-order valence-electron chi connectivity index (χ4n) is 2.43. The van der Waals surface area contributed by atoms with Crippen LogP contribution in [0.4, 0.5) is 0 Å². The average molecular weight is 226 g/mol. The lowest BCUT2D eigenvalue weighted by Gasteiger charge is -2.51. The summed E-state index contributed by atoms with van der Waals surface area (Å²) >= 11 is 0. The topological polar surface area (TPSA) is 46.2 Å². The largest absolute Gasteiger partial charge is 0.458 e. The van der Waals surface area contributed by atoms with Crippen molar-refractivity contribution in [2.45, 2.75) is 51.1 Å². The summed E-state index contributed by atoms with van der Waals surface area (Å²) in [5, 5.41) is 0. The average Bonchev–Trinajstić information content (AvgIpc) is 2.30. The van der Waals surface area contributed by atoms with Gasteiger partial charge in [-0.05, 0) is 12.6 Å². The molecule has 3 heterocycles. The second-order valence-corrected chi connectivity index (χ2v) is 4.39. The van der Waals surface area contributed by atoms with Gasteiger partial charge in [-0.25, -0.2) is 0 Å². The van der Waals surface area contributed by atoms with Gasteiger partial charge in [-0.3, -0.25) is 0 Å². The van der Waals surface area contributed by atoms with Crippen molar-refractivity contribution in [3.8, 4) is 0 Å². The summed E-state index contributed by atoms with van der Waals surface area (Å²) < 4.78 is 28.6. The summed E-state index contributed by atoms with van der Waals surface area (Å²) in [4.78, 5) is 0. The number of ether oxygens (including phenoxy) is 1. The summed E-state index contributed by atoms with van der Waals surface area (Å²) in [6.45, 7) is 4.60. The zero-order valence-electron chi connectivity index (χ0n) is 9.63. The first-order valence-corrected chi connectivity index (χ1v) is 6.05. The first-order chi connectivity index (χ1) is 7.81. The van der Waals surface area contributed by atoms with Crippen LogP contribution in [0, 0.1) is 0 Å². The predicted molar refractivity (Wildman–Crippen MR) is 57.9 cm³/mol. The van der Waals surface area contributed by atoms with Crippen molar-refractivity contribution in [3.05, 3.63) is 0 Å². The molecule has 0 aromatic rings. The first-order valence-electron chi connectivity index (χ1n) is 6.05. The summed E-state index contributed by atoms with van der Waals surface area (Å²) in [5.74, 6) is 0. The van der Waals surface area contributed by atoms with E-state index in [0.717, 1.165) is 12.6 Å². The maximum absolute atomic E-state index is 5.81. The Kier molecular flexibility index (Phi) is 2.97. The molecule has 7 heteroatoms. The van der Waals surface area contributed by atoms with Gasteiger partial charge in [0.05, 0.1) is 18.8 Å². The molecule has 16 heavy (non-hydrogen) atoms. The van der Waals surface area contributed by atoms with E-state index in [2.05, 4.69) is 0 Å². The Bertz CT molecular complexity index is 240. The van der Waals surface area contributed by atoms with Crippen LogP contribution in [0.15, 0.2) is 0 Å². The Balaban J connectivity index is 1.77. The van der Waals surface area contributed by atoms with Crippen LogP contribution in [0.2, 0.25) is 12.6 Å². The third-order valence-corrected chi connectivity index (χ3v) is 3.28. The minimum atomic E-state index is -0.294. The highest BCUT2D eigenvalue weighted by molar-refractivity contribution is 6.45. The number of hydrogen-bond donors (Lipinski definition) is 0. The molecule has 88 valence electrons. The molecule has 0 aromatic carbocycles. The normalized spacial score (nSPS) is 42.4. The van der Waals surface area contributed by atoms with Crippen molar-refractivity contribution < 1.29 is 23.4 Å². The SMILES string of the molecule is CCB1O[C@@H]2OC[C@H]3OB(CC)O[C@H]2[C@H]3O1. The minimum Gasteiger partial charge on any atom is -0.403 e. The summed E-state index contributed by atoms with van der Waals surface area (Å²) in [6.07, 6.45) is 1.16. The van der Waals surface area contributed by atoms with Crippen LogP contribution in [0.3, 0.4) is 0 Å². The summed E-state index contributed by atoms with van der Waals surface area (Å²) in [7, 11) is -0.345. The van der Waals surface area contributed by atoms with Crippen LogP contribution in [-0.2, 0) is 23.4 Å². The maximum Gasteiger partial charge on any atom is 0.458 e. The van der Waals surface area contributed by atoms with E-state index >= 15 is 0 Å². The smallest absolute Gasteiger partial charge is 0.403 e. The van der Waals surface area contributed by atoms with Crippen LogP contribution in [0.25, 0.3) is 0 Å². The standard InChI is InChI=1S/C9H16B2O5/c1-3-10-13-6-5-12-9-8(15-10)7(6)14-11(4-2)16-9/h6-9H,3-5H2,1-2H3/t6-,7+,8+,9+/m1/s1. The van der Waals surface area contributed by atoms with Crippen LogP contribution >= 0.6 is 0 Å². The molecule has 3 aliphatic heterocycles. The maximum atomic E-state index is 5.81. The van der Waals surface area contributed by atoms with E-state index in [1.807, 2.05) is 13.8 Å². The molecule has 0 spiro atoms. The monoisotopic (exact) mass is 226 g/mol. The van der Waals surface area contributed by atoms with Crippen LogP contribution in [0.5, 0.6) is 0 Å². The summed E-state index contributed by atoms with van der Waals surface area (Å²) in [5.41, 5.74) is 0. The third kappa shape index (κ3) is 1.71. The molecule has 3 saturated heterocycles. The van der Waals surface area contributed by atoms with Gasteiger partial charge in [0.2, 0.25) is 0 Å². The molecule has 0 unspecified atom stereocenters. The lowest BCUT2D eigenvalue weighted by Crippen LogP contribution is -2.68. The molecule has 0 aliphatic carbocycles. The van der Waals surface area contributed by atoms with Gasteiger partial charge in [0.1, 0.15) is 6.10 Å². The number of rotatable bonds is 2. The van der Waals surface area contributed by atoms with Gasteiger partial charge in [-0.2, -0.15) is 0 Å². The molecule has 0 radical (unpaired) electrons. The molecule has 5 nitrogen and oxygen atoms in total. The highest BCUT2D eigenvalue weighted by atomic mass is 16.8. The fourth-order valence-corrected chi connectivity index (χ4v) is 2.43. The van der Waals surface area contributed by atoms with Gasteiger partial charge in [0.15, 0.2) is 6.29 Å². The molecular weight excluding hydrogens is 210 g/mol. The lowest BCUT2D eigenvalue weighted by atomic mass is 9.78. The Morgan fingerprint density at radius 2 is 1.62 bits per heavy atom. The Morgan fingerprint density at radius 3 is 2.38 bits per heavy atom. The highest BCUT2D eigenvalue weighted by Crippen LogP contribution is 2.34. The zero-order valence-corrected chi connectivity index (χ0v) is 9.63. The van der Waals surface area contributed by atoms with Gasteiger partial charge in [0, 0.05) is 0 Å². The van der Waals surface area contributed by atoms with E-state index in [1.165, 1.54) is 0 Å². The zero-order chi connectivity index (χ0) is 11.1. The molecule has 4 atom stereocenters. The Hall–Kier alpha value is -0.0701. The molecular formula is C9H16B2O5. The first kappa shape index (κ1) is 11.0. The molecule has 4 bridgehead atoms. The van der Waals surface area contributed by atoms with Crippen molar-refractivity contribution in [1.29, 1.82) is 0 Å². The molecule has 0 amide bonds. The molecule has 3 aliphatic rings. The number of hydrogen-bond acceptors (Lipinski definition) is 5. The Labute approximate surface area is 96.0 Å². The molecule has 3 rings (SSSR count). The van der Waals surface area contributed by atoms with E-state index < -0.39 is 0 Å². The van der Waals surface area contributed by atoms with Gasteiger partial charge in [0.25, 0.3) is 0 Å². The molecule has 0 saturated carbocycles. The van der Waals surface area contributed by atoms with Crippen molar-refractivity contribution in [1.82, 2.24) is 0 Å². The summed E-state index contributed by atoms with van der Waals surface area (Å²) in [6, 6.07) is 0. The van der Waals surface area contributed by atoms with Crippen molar-refractivity contribution in [2.75, 3.05) is 6.61 Å². The van der Waals surface area contributed by atoms with E-state index in [1.54, 1.807) is 0 Å². The molecule has 3 fully saturated rings. The van der Waals surface area contributed by atoms with Crippen molar-refractivity contribution in [2.24, 2.45) is 0 Å². The predicted octanol–water partition coefficient (Wildman–Crippen LogP) is 0.558. The van der Waals surface area contributed by atoms with Crippen LogP contribution in [-0.4, -0.2) is 45.4 Å². The third-order valence-electron chi connectivity index (χ3n) is 3.28. The van der Waals surface area contributed by atoms with Crippen molar-refractivity contribution >= 4 is 14.2 Å². The van der Waals surface area contributed by atoms with E-state index in [0.29, 0.717) is 6.61 Å². The second-order valence-electron chi connectivity index (χ2n) is 4.39. The van der Waals surface area contributed by atoms with E-state index in [-0.39, 0.29) is 38.8 Å². The quantitative estimate of drug-likeness (QED) is 0.643. The second kappa shape index (κ2) is 4.31. The fraction of sp³-hybridized carbons (Fsp3) is 1.00. The lowest BCUT2D eigenvalue weighted by molar-refractivity contribution is -0.283. The molecule has 0 aromatic heterocycles. The Morgan fingerprint density at radius 1 is 0.938 bits per heavy atom. The van der Waals surface area contributed by atoms with E-state index in [9.17, 15) is 0 Å². The van der Waals surface area contributed by atoms with Crippen LogP contribution in [0.1, 0.15) is 13.8 Å². The van der Waals surface area contributed by atoms with Gasteiger partial charge < -0.3 is 23.4 Å². The van der Waals surface area contributed by atoms with Gasteiger partial charge in [-0.1, -0.05) is 13.8 Å². The van der Waals surface area contributed by atoms with E-state index in [4.69, 9.17) is 23.4 Å². The molecule has 0 N–H and O–H groups in total. The van der Waals surface area contributed by atoms with Gasteiger partial charge in [-0.15, -0.1) is 0 Å². The van der Waals surface area contributed by atoms with Crippen LogP contribution < -0.4 is 0 Å². The van der Waals surface area contributed by atoms with Crippen molar-refractivity contribution in [3.63, 3.8) is 0 Å². The minimum absolute atomic E-state index is 0.0158. The van der Waals surface area contributed by atoms with Gasteiger partial charge >= 0.3 is 14.2 Å². The highest BCUT2D eigenvalue weighted by Gasteiger charge is 2.54.